The molecule has 0 aromatic heterocycles. The third kappa shape index (κ3) is 5.02. The smallest absolute Gasteiger partial charge is 0.0391 e. The van der Waals surface area contributed by atoms with Gasteiger partial charge in [-0.2, -0.15) is 0 Å². The summed E-state index contributed by atoms with van der Waals surface area (Å²) in [6, 6.07) is 0. The molecule has 0 aromatic carbocycles. The highest BCUT2D eigenvalue weighted by atomic mass is 14.3. The fourth-order valence-corrected chi connectivity index (χ4v) is 2.13. The SMILES string of the molecule is CC(C)C1CCC1.CC(C)CC1CC1. The predicted octanol–water partition coefficient (Wildman–Crippen LogP) is 4.89. The highest BCUT2D eigenvalue weighted by Crippen LogP contribution is 2.34. The molecule has 0 aromatic rings. The number of rotatable bonds is 3. The van der Waals surface area contributed by atoms with E-state index in [0.717, 1.165) is 23.7 Å². The lowest BCUT2D eigenvalue weighted by molar-refractivity contribution is 0.235. The summed E-state index contributed by atoms with van der Waals surface area (Å²) in [5.41, 5.74) is 0. The first kappa shape index (κ1) is 12.1. The van der Waals surface area contributed by atoms with Crippen molar-refractivity contribution in [3.63, 3.8) is 0 Å². The van der Waals surface area contributed by atoms with Crippen molar-refractivity contribution in [2.75, 3.05) is 0 Å². The van der Waals surface area contributed by atoms with Crippen LogP contribution in [0.15, 0.2) is 0 Å². The van der Waals surface area contributed by atoms with Crippen LogP contribution in [0.25, 0.3) is 0 Å². The lowest BCUT2D eigenvalue weighted by Gasteiger charge is -2.28. The van der Waals surface area contributed by atoms with E-state index in [-0.39, 0.29) is 0 Å². The van der Waals surface area contributed by atoms with E-state index in [1.807, 2.05) is 0 Å². The van der Waals surface area contributed by atoms with Gasteiger partial charge in [0.25, 0.3) is 0 Å². The van der Waals surface area contributed by atoms with Gasteiger partial charge in [-0.25, -0.2) is 0 Å². The zero-order valence-corrected chi connectivity index (χ0v) is 10.6. The molecule has 0 bridgehead atoms. The van der Waals surface area contributed by atoms with Gasteiger partial charge < -0.3 is 0 Å². The molecule has 0 nitrogen and oxygen atoms in total. The average molecular weight is 196 g/mol. The zero-order chi connectivity index (χ0) is 10.6. The Kier molecular flexibility index (Phi) is 4.98. The second-order valence-corrected chi connectivity index (χ2v) is 6.01. The molecular formula is C14H28. The molecule has 2 aliphatic rings. The first-order valence-corrected chi connectivity index (χ1v) is 6.59. The van der Waals surface area contributed by atoms with E-state index < -0.39 is 0 Å². The van der Waals surface area contributed by atoms with Crippen LogP contribution in [-0.2, 0) is 0 Å². The highest BCUT2D eigenvalue weighted by molar-refractivity contribution is 4.73. The third-order valence-electron chi connectivity index (χ3n) is 3.59. The molecule has 0 radical (unpaired) electrons. The van der Waals surface area contributed by atoms with E-state index >= 15 is 0 Å². The molecule has 2 aliphatic carbocycles. The van der Waals surface area contributed by atoms with Crippen LogP contribution in [0, 0.1) is 23.7 Å². The first-order chi connectivity index (χ1) is 6.59. The van der Waals surface area contributed by atoms with E-state index in [1.54, 1.807) is 0 Å². The second kappa shape index (κ2) is 5.78. The number of hydrogen-bond donors (Lipinski definition) is 0. The fraction of sp³-hybridized carbons (Fsp3) is 1.00. The van der Waals surface area contributed by atoms with Crippen LogP contribution < -0.4 is 0 Å². The van der Waals surface area contributed by atoms with Gasteiger partial charge >= 0.3 is 0 Å². The maximum Gasteiger partial charge on any atom is -0.0391 e. The Morgan fingerprint density at radius 3 is 1.57 bits per heavy atom. The van der Waals surface area contributed by atoms with E-state index in [1.165, 1.54) is 38.5 Å². The van der Waals surface area contributed by atoms with Gasteiger partial charge in [0.05, 0.1) is 0 Å². The van der Waals surface area contributed by atoms with E-state index in [4.69, 9.17) is 0 Å². The van der Waals surface area contributed by atoms with Gasteiger partial charge in [0.2, 0.25) is 0 Å². The fourth-order valence-electron chi connectivity index (χ4n) is 2.13. The molecule has 0 unspecified atom stereocenters. The minimum absolute atomic E-state index is 0.937. The molecule has 2 saturated carbocycles. The summed E-state index contributed by atoms with van der Waals surface area (Å²) < 4.78 is 0. The Labute approximate surface area is 90.5 Å². The van der Waals surface area contributed by atoms with Gasteiger partial charge in [0.1, 0.15) is 0 Å². The largest absolute Gasteiger partial charge is 0.0628 e. The molecule has 2 fully saturated rings. The van der Waals surface area contributed by atoms with Gasteiger partial charge in [-0.3, -0.25) is 0 Å². The Hall–Kier alpha value is 0. The molecule has 0 saturated heterocycles. The number of hydrogen-bond acceptors (Lipinski definition) is 0. The highest BCUT2D eigenvalue weighted by Gasteiger charge is 2.21. The molecule has 0 heterocycles. The molecule has 0 atom stereocenters. The summed E-state index contributed by atoms with van der Waals surface area (Å²) in [6.45, 7) is 9.25. The molecule has 2 rings (SSSR count). The van der Waals surface area contributed by atoms with Gasteiger partial charge in [0, 0.05) is 0 Å². The van der Waals surface area contributed by atoms with E-state index in [2.05, 4.69) is 27.7 Å². The van der Waals surface area contributed by atoms with Crippen molar-refractivity contribution < 1.29 is 0 Å². The van der Waals surface area contributed by atoms with Crippen molar-refractivity contribution in [2.24, 2.45) is 23.7 Å². The van der Waals surface area contributed by atoms with E-state index in [0.29, 0.717) is 0 Å². The molecule has 14 heavy (non-hydrogen) atoms. The van der Waals surface area contributed by atoms with Gasteiger partial charge in [0.15, 0.2) is 0 Å². The Balaban J connectivity index is 0.000000140. The quantitative estimate of drug-likeness (QED) is 0.603. The molecule has 0 heteroatoms. The molecular weight excluding hydrogens is 168 g/mol. The Bertz CT molecular complexity index is 138. The van der Waals surface area contributed by atoms with Crippen LogP contribution in [0.4, 0.5) is 0 Å². The summed E-state index contributed by atoms with van der Waals surface area (Å²) in [5.74, 6) is 4.10. The van der Waals surface area contributed by atoms with Crippen molar-refractivity contribution in [3.05, 3.63) is 0 Å². The van der Waals surface area contributed by atoms with Gasteiger partial charge in [-0.1, -0.05) is 59.8 Å². The van der Waals surface area contributed by atoms with Crippen LogP contribution in [0.5, 0.6) is 0 Å². The minimum Gasteiger partial charge on any atom is -0.0628 e. The van der Waals surface area contributed by atoms with Crippen molar-refractivity contribution in [3.8, 4) is 0 Å². The molecule has 0 N–H and O–H groups in total. The monoisotopic (exact) mass is 196 g/mol. The summed E-state index contributed by atoms with van der Waals surface area (Å²) in [7, 11) is 0. The minimum atomic E-state index is 0.937. The molecule has 0 spiro atoms. The molecule has 0 aliphatic heterocycles. The maximum atomic E-state index is 2.32. The van der Waals surface area contributed by atoms with E-state index in [9.17, 15) is 0 Å². The van der Waals surface area contributed by atoms with Gasteiger partial charge in [-0.15, -0.1) is 0 Å². The summed E-state index contributed by atoms with van der Waals surface area (Å²) >= 11 is 0. The standard InChI is InChI=1S/2C7H14/c1-6(2)5-7-3-4-7;1-6(2)7-4-3-5-7/h2*6-7H,3-5H2,1-2H3. The van der Waals surface area contributed by atoms with Crippen LogP contribution in [0.1, 0.15) is 66.2 Å². The summed E-state index contributed by atoms with van der Waals surface area (Å²) in [4.78, 5) is 0. The lowest BCUT2D eigenvalue weighted by Crippen LogP contribution is -2.16. The van der Waals surface area contributed by atoms with Crippen LogP contribution in [-0.4, -0.2) is 0 Å². The molecule has 0 amide bonds. The lowest BCUT2D eigenvalue weighted by atomic mass is 9.78. The zero-order valence-electron chi connectivity index (χ0n) is 10.6. The summed E-state index contributed by atoms with van der Waals surface area (Å²) in [6.07, 6.45) is 8.98. The average Bonchev–Trinajstić information content (AvgIpc) is 2.65. The topological polar surface area (TPSA) is 0 Å². The maximum absolute atomic E-state index is 2.32. The normalized spacial score (nSPS) is 21.9. The van der Waals surface area contributed by atoms with Gasteiger partial charge in [-0.05, 0) is 30.1 Å². The summed E-state index contributed by atoms with van der Waals surface area (Å²) in [5, 5.41) is 0. The predicted molar refractivity (Wildman–Crippen MR) is 64.4 cm³/mol. The van der Waals surface area contributed by atoms with Crippen molar-refractivity contribution in [1.82, 2.24) is 0 Å². The van der Waals surface area contributed by atoms with Crippen molar-refractivity contribution in [2.45, 2.75) is 66.2 Å². The Morgan fingerprint density at radius 2 is 1.50 bits per heavy atom. The first-order valence-electron chi connectivity index (χ1n) is 6.59. The Morgan fingerprint density at radius 1 is 0.929 bits per heavy atom. The van der Waals surface area contributed by atoms with Crippen LogP contribution >= 0.6 is 0 Å². The van der Waals surface area contributed by atoms with Crippen molar-refractivity contribution in [1.29, 1.82) is 0 Å². The van der Waals surface area contributed by atoms with Crippen LogP contribution in [0.2, 0.25) is 0 Å². The third-order valence-corrected chi connectivity index (χ3v) is 3.59. The van der Waals surface area contributed by atoms with Crippen LogP contribution in [0.3, 0.4) is 0 Å². The van der Waals surface area contributed by atoms with Crippen molar-refractivity contribution >= 4 is 0 Å². The molecule has 84 valence electrons. The second-order valence-electron chi connectivity index (χ2n) is 6.01.